The quantitative estimate of drug-likeness (QED) is 0.166. The summed E-state index contributed by atoms with van der Waals surface area (Å²) < 4.78 is 2.78. The summed E-state index contributed by atoms with van der Waals surface area (Å²) in [6.45, 7) is 9.27. The van der Waals surface area contributed by atoms with Gasteiger partial charge in [0, 0.05) is 43.5 Å². The van der Waals surface area contributed by atoms with Crippen LogP contribution in [0, 0.1) is 13.8 Å². The number of rotatable bonds is 6. The molecule has 0 radical (unpaired) electrons. The molecule has 1 aliphatic heterocycles. The lowest BCUT2D eigenvalue weighted by Gasteiger charge is -2.29. The summed E-state index contributed by atoms with van der Waals surface area (Å²) in [5.41, 5.74) is 17.3. The van der Waals surface area contributed by atoms with Gasteiger partial charge in [-0.15, -0.1) is 22.7 Å². The Morgan fingerprint density at radius 3 is 2.12 bits per heavy atom. The van der Waals surface area contributed by atoms with Crippen LogP contribution < -0.4 is 9.80 Å². The molecule has 280 valence electrons. The largest absolute Gasteiger partial charge is 0.332 e. The summed E-state index contributed by atoms with van der Waals surface area (Å²) >= 11 is 3.98. The summed E-state index contributed by atoms with van der Waals surface area (Å²) in [5.74, 6) is 0.624. The minimum atomic E-state index is 0.246. The van der Waals surface area contributed by atoms with Crippen LogP contribution in [0.25, 0.3) is 43.5 Å². The van der Waals surface area contributed by atoms with E-state index in [0.29, 0.717) is 11.8 Å². The van der Waals surface area contributed by atoms with Gasteiger partial charge in [-0.2, -0.15) is 0 Å². The maximum absolute atomic E-state index is 2.65. The molecule has 0 saturated carbocycles. The van der Waals surface area contributed by atoms with Crippen molar-refractivity contribution < 1.29 is 0 Å². The van der Waals surface area contributed by atoms with Gasteiger partial charge in [0.2, 0.25) is 0 Å². The van der Waals surface area contributed by atoms with Gasteiger partial charge in [0.15, 0.2) is 0 Å². The standard InChI is InChI=1S/C53H46N2S2/c1-32(2)42-30-35(54(45-21-9-5-15-33(45)3)47-23-13-19-40-38-17-7-11-25-50(38)56-52(40)47)27-28-36(42)43-31-44-37-16-6-10-22-46(37)55(49(44)29-34(43)4)48-24-14-20-41-39-18-8-12-26-51(39)57-53(41)48/h5-10,13-24,27-32,37,46H,11-12,25-26H2,1-4H3. The molecular weight excluding hydrogens is 729 g/mol. The van der Waals surface area contributed by atoms with E-state index in [9.17, 15) is 0 Å². The van der Waals surface area contributed by atoms with Crippen LogP contribution in [0.3, 0.4) is 0 Å². The van der Waals surface area contributed by atoms with Crippen LogP contribution in [0.2, 0.25) is 0 Å². The zero-order valence-corrected chi connectivity index (χ0v) is 34.7. The molecule has 0 bridgehead atoms. The monoisotopic (exact) mass is 774 g/mol. The topological polar surface area (TPSA) is 6.48 Å². The maximum atomic E-state index is 2.65. The minimum Gasteiger partial charge on any atom is -0.332 e. The molecule has 0 spiro atoms. The first-order valence-corrected chi connectivity index (χ1v) is 22.3. The number of thiophene rings is 2. The van der Waals surface area contributed by atoms with Crippen molar-refractivity contribution in [2.24, 2.45) is 0 Å². The highest BCUT2D eigenvalue weighted by molar-refractivity contribution is 7.20. The first kappa shape index (κ1) is 34.8. The van der Waals surface area contributed by atoms with Crippen LogP contribution in [0.15, 0.2) is 127 Å². The van der Waals surface area contributed by atoms with Crippen LogP contribution >= 0.6 is 22.7 Å². The van der Waals surface area contributed by atoms with Crippen molar-refractivity contribution in [2.45, 2.75) is 71.3 Å². The molecule has 2 nitrogen and oxygen atoms in total. The Bertz CT molecular complexity index is 2890. The average Bonchev–Trinajstić information content (AvgIpc) is 3.91. The number of allylic oxidation sites excluding steroid dienone is 4. The fourth-order valence-corrected chi connectivity index (χ4v) is 12.6. The van der Waals surface area contributed by atoms with Crippen molar-refractivity contribution in [3.05, 3.63) is 171 Å². The van der Waals surface area contributed by atoms with E-state index < -0.39 is 0 Å². The SMILES string of the molecule is Cc1cc2c(cc1-c1ccc(N(c3ccccc3C)c3cccc4c5c(sc34)CCC=C5)cc1C(C)C)C1C=CC=CC1N2c1cccc2c3c(sc12)CCC=C3. The van der Waals surface area contributed by atoms with Crippen molar-refractivity contribution in [3.63, 3.8) is 0 Å². The molecule has 11 rings (SSSR count). The number of fused-ring (bicyclic) bond motifs is 9. The molecule has 0 N–H and O–H groups in total. The molecule has 2 unspecified atom stereocenters. The minimum absolute atomic E-state index is 0.246. The molecule has 4 aliphatic rings. The van der Waals surface area contributed by atoms with Gasteiger partial charge in [0.25, 0.3) is 0 Å². The lowest BCUT2D eigenvalue weighted by Crippen LogP contribution is -2.28. The van der Waals surface area contributed by atoms with E-state index in [1.807, 2.05) is 22.7 Å². The van der Waals surface area contributed by atoms with Crippen molar-refractivity contribution in [2.75, 3.05) is 9.80 Å². The van der Waals surface area contributed by atoms with E-state index in [1.54, 1.807) is 0 Å². The van der Waals surface area contributed by atoms with Crippen LogP contribution in [-0.4, -0.2) is 6.04 Å². The second kappa shape index (κ2) is 13.6. The molecular formula is C53H46N2S2. The molecule has 3 aliphatic carbocycles. The summed E-state index contributed by atoms with van der Waals surface area (Å²) in [7, 11) is 0. The molecule has 7 aromatic rings. The number of nitrogens with zero attached hydrogens (tertiary/aromatic N) is 2. The van der Waals surface area contributed by atoms with E-state index in [1.165, 1.54) is 103 Å². The lowest BCUT2D eigenvalue weighted by atomic mass is 9.85. The van der Waals surface area contributed by atoms with Crippen LogP contribution in [0.4, 0.5) is 28.4 Å². The first-order valence-electron chi connectivity index (χ1n) is 20.7. The fourth-order valence-electron chi connectivity index (χ4n) is 9.97. The van der Waals surface area contributed by atoms with Gasteiger partial charge in [-0.25, -0.2) is 0 Å². The maximum Gasteiger partial charge on any atom is 0.0640 e. The molecule has 0 amide bonds. The second-order valence-corrected chi connectivity index (χ2v) is 18.7. The number of benzene rings is 5. The van der Waals surface area contributed by atoms with E-state index in [2.05, 4.69) is 177 Å². The molecule has 3 heterocycles. The first-order chi connectivity index (χ1) is 27.9. The Kier molecular flexibility index (Phi) is 8.31. The zero-order chi connectivity index (χ0) is 38.4. The summed E-state index contributed by atoms with van der Waals surface area (Å²) in [5, 5.41) is 2.76. The van der Waals surface area contributed by atoms with Crippen molar-refractivity contribution >= 4 is 83.4 Å². The van der Waals surface area contributed by atoms with Crippen molar-refractivity contribution in [1.82, 2.24) is 0 Å². The predicted octanol–water partition coefficient (Wildman–Crippen LogP) is 15.6. The number of aryl methyl sites for hydroxylation is 4. The Morgan fingerprint density at radius 2 is 1.35 bits per heavy atom. The van der Waals surface area contributed by atoms with Gasteiger partial charge in [0.05, 0.1) is 26.8 Å². The average molecular weight is 775 g/mol. The second-order valence-electron chi connectivity index (χ2n) is 16.5. The van der Waals surface area contributed by atoms with Gasteiger partial charge in [-0.05, 0) is 132 Å². The highest BCUT2D eigenvalue weighted by Gasteiger charge is 2.39. The normalized spacial score (nSPS) is 17.7. The molecule has 5 aromatic carbocycles. The number of para-hydroxylation sites is 1. The van der Waals surface area contributed by atoms with Gasteiger partial charge < -0.3 is 9.80 Å². The molecule has 2 aromatic heterocycles. The predicted molar refractivity (Wildman–Crippen MR) is 249 cm³/mol. The highest BCUT2D eigenvalue weighted by Crippen LogP contribution is 2.54. The van der Waals surface area contributed by atoms with Crippen molar-refractivity contribution in [1.29, 1.82) is 0 Å². The third kappa shape index (κ3) is 5.48. The third-order valence-electron chi connectivity index (χ3n) is 12.7. The molecule has 2 atom stereocenters. The number of hydrogen-bond acceptors (Lipinski definition) is 4. The Balaban J connectivity index is 1.06. The summed E-state index contributed by atoms with van der Waals surface area (Å²) in [4.78, 5) is 8.20. The molecule has 4 heteroatoms. The van der Waals surface area contributed by atoms with E-state index >= 15 is 0 Å². The summed E-state index contributed by atoms with van der Waals surface area (Å²) in [6, 6.07) is 35.2. The molecule has 0 saturated heterocycles. The fraction of sp³-hybridized carbons (Fsp3) is 0.208. The van der Waals surface area contributed by atoms with Gasteiger partial charge in [-0.1, -0.05) is 111 Å². The third-order valence-corrected chi connectivity index (χ3v) is 15.3. The molecule has 57 heavy (non-hydrogen) atoms. The zero-order valence-electron chi connectivity index (χ0n) is 33.1. The van der Waals surface area contributed by atoms with Gasteiger partial charge in [-0.3, -0.25) is 0 Å². The Hall–Kier alpha value is -5.42. The van der Waals surface area contributed by atoms with Gasteiger partial charge in [0.1, 0.15) is 0 Å². The van der Waals surface area contributed by atoms with Gasteiger partial charge >= 0.3 is 0 Å². The van der Waals surface area contributed by atoms with E-state index in [-0.39, 0.29) is 6.04 Å². The summed E-state index contributed by atoms with van der Waals surface area (Å²) in [6.07, 6.45) is 23.2. The lowest BCUT2D eigenvalue weighted by molar-refractivity contribution is 0.746. The van der Waals surface area contributed by atoms with Crippen LogP contribution in [-0.2, 0) is 12.8 Å². The van der Waals surface area contributed by atoms with Crippen LogP contribution in [0.5, 0.6) is 0 Å². The Labute approximate surface area is 344 Å². The van der Waals surface area contributed by atoms with E-state index in [4.69, 9.17) is 0 Å². The number of anilines is 5. The number of hydrogen-bond donors (Lipinski definition) is 0. The van der Waals surface area contributed by atoms with Crippen LogP contribution in [0.1, 0.15) is 81.7 Å². The Morgan fingerprint density at radius 1 is 0.649 bits per heavy atom. The van der Waals surface area contributed by atoms with Crippen molar-refractivity contribution in [3.8, 4) is 11.1 Å². The highest BCUT2D eigenvalue weighted by atomic mass is 32.1. The smallest absolute Gasteiger partial charge is 0.0640 e. The molecule has 0 fully saturated rings. The van der Waals surface area contributed by atoms with E-state index in [0.717, 1.165) is 25.7 Å².